The molecule has 2 amide bonds. The fourth-order valence-electron chi connectivity index (χ4n) is 15.6. The first-order chi connectivity index (χ1) is 66.9. The number of fused-ring (bicyclic) bond motifs is 3. The molecule has 146 heavy (non-hydrogen) atoms. The number of morpholine rings is 2. The summed E-state index contributed by atoms with van der Waals surface area (Å²) in [6.07, 6.45) is -26.2. The van der Waals surface area contributed by atoms with Gasteiger partial charge in [-0.1, -0.05) is 190 Å². The maximum absolute atomic E-state index is 13.9. The van der Waals surface area contributed by atoms with Crippen LogP contribution in [0.15, 0.2) is 212 Å². The zero-order valence-corrected chi connectivity index (χ0v) is 96.3. The van der Waals surface area contributed by atoms with E-state index in [0.717, 1.165) is 54.2 Å². The number of alkyl halides is 20. The number of benzene rings is 9. The predicted molar refractivity (Wildman–Crippen MR) is 555 cm³/mol. The van der Waals surface area contributed by atoms with Crippen LogP contribution >= 0.6 is 97.5 Å². The van der Waals surface area contributed by atoms with E-state index in [9.17, 15) is 93.4 Å². The first-order valence-electron chi connectivity index (χ1n) is 43.9. The molecule has 6 heterocycles. The van der Waals surface area contributed by atoms with Gasteiger partial charge in [-0.05, 0) is 242 Å². The molecule has 0 saturated carbocycles. The van der Waals surface area contributed by atoms with Gasteiger partial charge in [-0.15, -0.1) is 124 Å². The van der Waals surface area contributed by atoms with Crippen LogP contribution in [0, 0.1) is 6.92 Å². The molecule has 2 saturated heterocycles. The zero-order chi connectivity index (χ0) is 105. The number of aliphatic carboxylic acids is 1. The molecule has 0 radical (unpaired) electrons. The molecule has 48 heteroatoms. The molecule has 10 aromatic rings. The van der Waals surface area contributed by atoms with E-state index in [4.69, 9.17) is 19.6 Å². The Morgan fingerprint density at radius 2 is 0.740 bits per heavy atom. The number of anilines is 3. The summed E-state index contributed by atoms with van der Waals surface area (Å²) in [5.74, 6) is -3.55. The minimum Gasteiger partial charge on any atom is -0.481 e. The summed E-state index contributed by atoms with van der Waals surface area (Å²) in [5.41, 5.74) is 13.3. The molecule has 5 aliphatic heterocycles. The van der Waals surface area contributed by atoms with Gasteiger partial charge in [-0.25, -0.2) is 0 Å². The summed E-state index contributed by atoms with van der Waals surface area (Å²) in [6, 6.07) is 52.4. The molecule has 8 atom stereocenters. The van der Waals surface area contributed by atoms with Gasteiger partial charge in [0.15, 0.2) is 0 Å². The van der Waals surface area contributed by atoms with Crippen molar-refractivity contribution < 1.29 is 179 Å². The molecular formula is C98H110Br2F18N6O12P8W2. The average molecular weight is 2680 g/mol. The van der Waals surface area contributed by atoms with Crippen molar-refractivity contribution in [2.24, 2.45) is 0 Å². The summed E-state index contributed by atoms with van der Waals surface area (Å²) < 4.78 is 264. The van der Waals surface area contributed by atoms with Crippen LogP contribution in [0.25, 0.3) is 33.4 Å². The van der Waals surface area contributed by atoms with Crippen LogP contribution < -0.4 is 48.9 Å². The minimum atomic E-state index is -4.87. The normalized spacial score (nSPS) is 15.8. The molecule has 1 aromatic heterocycles. The number of amides is 2. The van der Waals surface area contributed by atoms with Crippen molar-refractivity contribution in [3.05, 3.63) is 263 Å². The Labute approximate surface area is 896 Å². The van der Waals surface area contributed by atoms with Crippen molar-refractivity contribution in [3.8, 4) is 67.9 Å². The number of ether oxygens (including phenoxy) is 8. The van der Waals surface area contributed by atoms with E-state index in [1.807, 2.05) is 17.0 Å². The fourth-order valence-corrected chi connectivity index (χ4v) is 44.8. The van der Waals surface area contributed by atoms with Gasteiger partial charge in [-0.2, -0.15) is 0 Å². The molecular weight excluding hydrogens is 2570 g/mol. The quantitative estimate of drug-likeness (QED) is 0.0417. The molecule has 0 bridgehead atoms. The number of hydrogen-bond donors (Lipinski definition) is 3. The number of nitrogens with one attached hydrogen (secondary N) is 2. The van der Waals surface area contributed by atoms with Gasteiger partial charge in [0.2, 0.25) is 11.8 Å². The Hall–Kier alpha value is -6.50. The fraction of sp³-hybridized carbons (Fsp3) is 0.367. The summed E-state index contributed by atoms with van der Waals surface area (Å²) in [5, 5.41) is 14.1. The number of rotatable bonds is 18. The van der Waals surface area contributed by atoms with Crippen LogP contribution in [0.5, 0.6) is 34.5 Å². The summed E-state index contributed by atoms with van der Waals surface area (Å²) in [4.78, 5) is 46.0. The number of aryl methyl sites for hydroxylation is 1. The van der Waals surface area contributed by atoms with Crippen LogP contribution in [0.4, 0.5) is 96.1 Å². The maximum atomic E-state index is 13.9. The molecule has 2 fully saturated rings. The second kappa shape index (κ2) is 58.0. The molecule has 9 aromatic carbocycles. The van der Waals surface area contributed by atoms with E-state index < -0.39 is 67.7 Å². The Balaban J connectivity index is 0.000000286. The van der Waals surface area contributed by atoms with E-state index >= 15 is 0 Å². The number of carbonyl (C=O) groups excluding carboxylic acids is 2. The summed E-state index contributed by atoms with van der Waals surface area (Å²) >= 11 is 5.88. The van der Waals surface area contributed by atoms with Crippen LogP contribution in [0.2, 0.25) is 0 Å². The molecule has 3 N–H and O–H groups in total. The number of carbonyl (C=O) groups is 3. The molecule has 18 nitrogen and oxygen atoms in total. The Kier molecular flexibility index (Phi) is 50.9. The first-order valence-corrected chi connectivity index (χ1v) is 59.7. The van der Waals surface area contributed by atoms with E-state index in [2.05, 4.69) is 176 Å². The predicted octanol–water partition coefficient (Wildman–Crippen LogP) is 30.2. The van der Waals surface area contributed by atoms with Gasteiger partial charge in [0.1, 0.15) is 39.8 Å². The van der Waals surface area contributed by atoms with E-state index in [1.54, 1.807) is 83.8 Å². The van der Waals surface area contributed by atoms with Crippen LogP contribution in [-0.2, 0) is 96.1 Å². The van der Waals surface area contributed by atoms with Gasteiger partial charge in [0, 0.05) is 108 Å². The monoisotopic (exact) mass is 2680 g/mol. The zero-order valence-electron chi connectivity index (χ0n) is 78.8. The van der Waals surface area contributed by atoms with Crippen molar-refractivity contribution in [1.82, 2.24) is 15.2 Å². The van der Waals surface area contributed by atoms with E-state index in [0.29, 0.717) is 121 Å². The van der Waals surface area contributed by atoms with Crippen LogP contribution in [0.1, 0.15) is 137 Å². The van der Waals surface area contributed by atoms with Gasteiger partial charge in [0.25, 0.3) is 0 Å². The number of halogens is 20. The third-order valence-corrected chi connectivity index (χ3v) is 60.4. The number of hydrogen-bond acceptors (Lipinski definition) is 15. The molecule has 8 unspecified atom stereocenters. The third-order valence-electron chi connectivity index (χ3n) is 21.6. The molecule has 15 rings (SSSR count). The van der Waals surface area contributed by atoms with Crippen molar-refractivity contribution in [1.29, 1.82) is 0 Å². The van der Waals surface area contributed by atoms with Crippen molar-refractivity contribution in [2.75, 3.05) is 84.9 Å². The van der Waals surface area contributed by atoms with Gasteiger partial charge in [-0.3, -0.25) is 24.3 Å². The summed E-state index contributed by atoms with van der Waals surface area (Å²) in [7, 11) is 14.4. The standard InChI is InChI=1S/C29H26F6N2O4.C25H18BrF6NO3.C23H17F6NO2.C14H23N.C4H9NO.C2H3BrO2.CH4.H10P8.2W/c30-28(31,32)40-21-6-1-4-19(16-21)23-8-3-9-26-24(23)10-11-25(20-5-2-7-22(17-20)41-29(33,34)35)37(26)27(38)18-36-12-14-39-15-13-36;26-14-23(34)33-21(16-5-2-7-18(13-16)36-25(30,31)32)11-10-20-19(8-3-9-22(20)33)15-4-1-6-17(12-15)35-24(27,28)29;24-22(25,26)31-16-6-1-4-14(12-16)18-8-3-9-21-19(18)10-11-20(30-21)15-5-2-7-17(13-15)32-23(27,28)29;1-10-8-11(13(2,3)4)15-12(9-10)14(5,6)7;1-3-6-4-2-5-1;3-1-2(4)5;;1-6(2)8(5)7(3)4;;/h1-9,16-17,25H,10-15,18H2;1-9,12-13,21H,10-11,14H2;1-9,12-13,20,30H,10-11H2;8-9H,1-7H3;5H,1-4H2;1H2,(H,4,5);1H4;1-5H2;;. The smallest absolute Gasteiger partial charge is 0.481 e. The maximum Gasteiger partial charge on any atom is 0.573 e. The Morgan fingerprint density at radius 3 is 1.06 bits per heavy atom. The van der Waals surface area contributed by atoms with Crippen LogP contribution in [-0.4, -0.2) is 141 Å². The number of carboxylic acid groups (broad SMARTS) is 1. The van der Waals surface area contributed by atoms with Crippen molar-refractivity contribution in [2.45, 2.75) is 162 Å². The second-order valence-corrected chi connectivity index (χ2v) is 63.5. The average Bonchev–Trinajstić information content (AvgIpc) is 0.759. The van der Waals surface area contributed by atoms with E-state index in [1.165, 1.54) is 131 Å². The van der Waals surface area contributed by atoms with Crippen molar-refractivity contribution >= 4 is 132 Å². The number of nitrogens with zero attached hydrogens (tertiary/aromatic N) is 4. The van der Waals surface area contributed by atoms with Gasteiger partial charge < -0.3 is 63.4 Å². The Bertz CT molecular complexity index is 5820. The van der Waals surface area contributed by atoms with Gasteiger partial charge in [0.05, 0.1) is 56.4 Å². The first kappa shape index (κ1) is 128. The molecule has 5 aliphatic rings. The molecule has 0 spiro atoms. The minimum absolute atomic E-state index is 0. The van der Waals surface area contributed by atoms with Crippen molar-refractivity contribution in [3.63, 3.8) is 0 Å². The van der Waals surface area contributed by atoms with Gasteiger partial charge >= 0.3 is 44.1 Å². The van der Waals surface area contributed by atoms with E-state index in [-0.39, 0.29) is 139 Å². The largest absolute Gasteiger partial charge is 0.573 e. The molecule has 0 aliphatic carbocycles. The summed E-state index contributed by atoms with van der Waals surface area (Å²) in [6.45, 7) is 21.9. The van der Waals surface area contributed by atoms with Crippen LogP contribution in [0.3, 0.4) is 0 Å². The SMILES string of the molecule is C.C1COCCN1.Cc1cc(C(C)(C)C)nc(C(C)(C)C)c1.FC(F)(F)Oc1cccc(-c2cccc3c2CCC(c2cccc(OC(F)(F)F)c2)N3)c1.O=C(CBr)N1c2cccc(-c3cccc(OC(F)(F)F)c3)c2CCC1c1cccc(OC(F)(F)F)c1.O=C(CN1CCOCC1)N1c2cccc(-c3cccc(OC(F)(F)F)c3)c2CCC1c1cccc(OC(F)(F)F)c1.O=C(O)CBr.PP(P)P(P)P(P)P.[W].[W]. The topological polar surface area (TPSA) is 192 Å². The second-order valence-electron chi connectivity index (χ2n) is 34.3. The third kappa shape index (κ3) is 42.2. The Morgan fingerprint density at radius 1 is 0.425 bits per heavy atom. The number of pyridine rings is 1. The number of carboxylic acids is 1. The molecule has 796 valence electrons. The number of aromatic nitrogens is 1.